The number of hydrogen-bond acceptors (Lipinski definition) is 2. The van der Waals surface area contributed by atoms with Gasteiger partial charge in [-0.3, -0.25) is 0 Å². The molecule has 0 aliphatic carbocycles. The molecule has 0 aliphatic heterocycles. The van der Waals surface area contributed by atoms with Gasteiger partial charge in [0.2, 0.25) is 0 Å². The first kappa shape index (κ1) is 12.3. The smallest absolute Gasteiger partial charge is 0.0758 e. The quantitative estimate of drug-likeness (QED) is 0.824. The third kappa shape index (κ3) is 3.09. The van der Waals surface area contributed by atoms with E-state index >= 15 is 0 Å². The van der Waals surface area contributed by atoms with Crippen LogP contribution in [0.15, 0.2) is 13.6 Å². The molecule has 1 rings (SSSR count). The summed E-state index contributed by atoms with van der Waals surface area (Å²) in [5.74, 6) is 6.01. The molecule has 1 unspecified atom stereocenters. The van der Waals surface area contributed by atoms with E-state index < -0.39 is 0 Å². The molecule has 1 heterocycles. The monoisotopic (exact) mass is 335 g/mol. The van der Waals surface area contributed by atoms with Crippen LogP contribution in [0.25, 0.3) is 0 Å². The second-order valence-corrected chi connectivity index (χ2v) is 6.50. The molecule has 1 N–H and O–H groups in total. The summed E-state index contributed by atoms with van der Waals surface area (Å²) in [7, 11) is 1.96. The first-order chi connectivity index (χ1) is 6.69. The van der Waals surface area contributed by atoms with Crippen LogP contribution in [0.3, 0.4) is 0 Å². The van der Waals surface area contributed by atoms with E-state index in [1.54, 1.807) is 11.3 Å². The molecule has 0 bridgehead atoms. The fourth-order valence-electron chi connectivity index (χ4n) is 1.16. The summed E-state index contributed by atoms with van der Waals surface area (Å²) in [5, 5.41) is 3.26. The van der Waals surface area contributed by atoms with Gasteiger partial charge in [-0.25, -0.2) is 0 Å². The van der Waals surface area contributed by atoms with Crippen LogP contribution in [-0.2, 0) is 0 Å². The minimum absolute atomic E-state index is 0.305. The van der Waals surface area contributed by atoms with Crippen LogP contribution in [0.4, 0.5) is 0 Å². The van der Waals surface area contributed by atoms with Crippen molar-refractivity contribution in [1.82, 2.24) is 5.32 Å². The predicted octanol–water partition coefficient (Wildman–Crippen LogP) is 3.95. The molecule has 14 heavy (non-hydrogen) atoms. The van der Waals surface area contributed by atoms with Gasteiger partial charge in [-0.05, 0) is 57.5 Å². The van der Waals surface area contributed by atoms with E-state index in [0.717, 1.165) is 10.2 Å². The van der Waals surface area contributed by atoms with Crippen molar-refractivity contribution in [3.63, 3.8) is 0 Å². The fraction of sp³-hybridized carbons (Fsp3) is 0.400. The van der Waals surface area contributed by atoms with Crippen LogP contribution < -0.4 is 5.32 Å². The Morgan fingerprint density at radius 3 is 2.71 bits per heavy atom. The maximum absolute atomic E-state index is 3.55. The van der Waals surface area contributed by atoms with Gasteiger partial charge in [0.1, 0.15) is 0 Å². The summed E-state index contributed by atoms with van der Waals surface area (Å²) >= 11 is 8.72. The zero-order chi connectivity index (χ0) is 10.6. The predicted molar refractivity (Wildman–Crippen MR) is 69.6 cm³/mol. The second kappa shape index (κ2) is 5.92. The molecule has 0 spiro atoms. The van der Waals surface area contributed by atoms with E-state index in [2.05, 4.69) is 55.1 Å². The average Bonchev–Trinajstić information content (AvgIpc) is 2.47. The molecular weight excluding hydrogens is 326 g/mol. The summed E-state index contributed by atoms with van der Waals surface area (Å²) in [5.41, 5.74) is 1.27. The molecule has 1 aromatic rings. The van der Waals surface area contributed by atoms with Crippen molar-refractivity contribution in [1.29, 1.82) is 0 Å². The summed E-state index contributed by atoms with van der Waals surface area (Å²) in [6.45, 7) is 1.87. The lowest BCUT2D eigenvalue weighted by atomic mass is 10.1. The Morgan fingerprint density at radius 1 is 1.57 bits per heavy atom. The summed E-state index contributed by atoms with van der Waals surface area (Å²) < 4.78 is 2.31. The molecule has 1 aromatic heterocycles. The van der Waals surface area contributed by atoms with Crippen LogP contribution in [0, 0.1) is 11.8 Å². The third-order valence-corrected chi connectivity index (χ3v) is 4.28. The van der Waals surface area contributed by atoms with Gasteiger partial charge in [-0.1, -0.05) is 0 Å². The van der Waals surface area contributed by atoms with E-state index in [9.17, 15) is 0 Å². The summed E-state index contributed by atoms with van der Waals surface area (Å²) in [6.07, 6.45) is 0.842. The molecule has 1 nitrogen and oxygen atoms in total. The normalized spacial score (nSPS) is 12.0. The molecule has 76 valence electrons. The maximum atomic E-state index is 3.55. The first-order valence-electron chi connectivity index (χ1n) is 4.20. The highest BCUT2D eigenvalue weighted by molar-refractivity contribution is 9.12. The molecule has 0 aromatic carbocycles. The van der Waals surface area contributed by atoms with E-state index in [4.69, 9.17) is 0 Å². The fourth-order valence-corrected chi connectivity index (χ4v) is 4.14. The van der Waals surface area contributed by atoms with E-state index in [1.807, 2.05) is 14.0 Å². The average molecular weight is 337 g/mol. The Balaban J connectivity index is 2.86. The number of nitrogens with one attached hydrogen (secondary N) is 1. The highest BCUT2D eigenvalue weighted by atomic mass is 79.9. The molecule has 0 aliphatic rings. The number of hydrogen-bond donors (Lipinski definition) is 1. The highest BCUT2D eigenvalue weighted by Gasteiger charge is 2.14. The van der Waals surface area contributed by atoms with E-state index in [-0.39, 0.29) is 0 Å². The Morgan fingerprint density at radius 2 is 2.29 bits per heavy atom. The van der Waals surface area contributed by atoms with Crippen LogP contribution >= 0.6 is 43.2 Å². The van der Waals surface area contributed by atoms with Crippen molar-refractivity contribution >= 4 is 43.2 Å². The number of thiophene rings is 1. The minimum Gasteiger partial charge on any atom is -0.312 e. The lowest BCUT2D eigenvalue weighted by molar-refractivity contribution is 0.611. The lowest BCUT2D eigenvalue weighted by Crippen LogP contribution is -2.15. The van der Waals surface area contributed by atoms with Crippen LogP contribution in [-0.4, -0.2) is 7.05 Å². The van der Waals surface area contributed by atoms with Gasteiger partial charge in [-0.2, -0.15) is 0 Å². The molecule has 0 fully saturated rings. The van der Waals surface area contributed by atoms with Gasteiger partial charge >= 0.3 is 0 Å². The van der Waals surface area contributed by atoms with Gasteiger partial charge in [0, 0.05) is 12.5 Å². The topological polar surface area (TPSA) is 12.0 Å². The second-order valence-electron chi connectivity index (χ2n) is 2.75. The van der Waals surface area contributed by atoms with Gasteiger partial charge in [0.05, 0.1) is 7.57 Å². The van der Waals surface area contributed by atoms with Gasteiger partial charge in [0.25, 0.3) is 0 Å². The van der Waals surface area contributed by atoms with Crippen LogP contribution in [0.5, 0.6) is 0 Å². The Hall–Kier alpha value is 0.180. The Kier molecular flexibility index (Phi) is 5.18. The molecule has 0 saturated carbocycles. The number of halogens is 2. The SMILES string of the molecule is CC#CCC(NC)c1cc(Br)sc1Br. The zero-order valence-corrected chi connectivity index (χ0v) is 12.0. The summed E-state index contributed by atoms with van der Waals surface area (Å²) in [6, 6.07) is 2.44. The van der Waals surface area contributed by atoms with Gasteiger partial charge < -0.3 is 5.32 Å². The highest BCUT2D eigenvalue weighted by Crippen LogP contribution is 2.36. The lowest BCUT2D eigenvalue weighted by Gasteiger charge is -2.11. The molecule has 1 atom stereocenters. The largest absolute Gasteiger partial charge is 0.312 e. The van der Waals surface area contributed by atoms with Crippen LogP contribution in [0.2, 0.25) is 0 Å². The van der Waals surface area contributed by atoms with Crippen molar-refractivity contribution in [3.8, 4) is 11.8 Å². The molecule has 4 heteroatoms. The molecular formula is C10H11Br2NS. The molecule has 0 radical (unpaired) electrons. The van der Waals surface area contributed by atoms with Crippen LogP contribution in [0.1, 0.15) is 24.9 Å². The van der Waals surface area contributed by atoms with Crippen molar-refractivity contribution in [2.45, 2.75) is 19.4 Å². The third-order valence-electron chi connectivity index (χ3n) is 1.89. The van der Waals surface area contributed by atoms with Crippen molar-refractivity contribution in [2.24, 2.45) is 0 Å². The Labute approximate surface area is 106 Å². The Bertz CT molecular complexity index is 362. The van der Waals surface area contributed by atoms with Crippen molar-refractivity contribution in [3.05, 3.63) is 19.2 Å². The van der Waals surface area contributed by atoms with Gasteiger partial charge in [-0.15, -0.1) is 23.2 Å². The van der Waals surface area contributed by atoms with E-state index in [1.165, 1.54) is 9.35 Å². The summed E-state index contributed by atoms with van der Waals surface area (Å²) in [4.78, 5) is 0. The van der Waals surface area contributed by atoms with Crippen molar-refractivity contribution < 1.29 is 0 Å². The van der Waals surface area contributed by atoms with Crippen molar-refractivity contribution in [2.75, 3.05) is 7.05 Å². The number of rotatable bonds is 3. The standard InChI is InChI=1S/C10H11Br2NS/c1-3-4-5-8(13-2)7-6-9(11)14-10(7)12/h6,8,13H,5H2,1-2H3. The molecule has 0 saturated heterocycles. The van der Waals surface area contributed by atoms with E-state index in [0.29, 0.717) is 6.04 Å². The van der Waals surface area contributed by atoms with Gasteiger partial charge in [0.15, 0.2) is 0 Å². The maximum Gasteiger partial charge on any atom is 0.0758 e. The zero-order valence-electron chi connectivity index (χ0n) is 8.03. The minimum atomic E-state index is 0.305. The molecule has 0 amide bonds. The first-order valence-corrected chi connectivity index (χ1v) is 6.61.